The third-order valence-corrected chi connectivity index (χ3v) is 5.90. The molecule has 0 bridgehead atoms. The zero-order chi connectivity index (χ0) is 16.9. The third kappa shape index (κ3) is 5.62. The molecule has 130 valence electrons. The van der Waals surface area contributed by atoms with Crippen LogP contribution in [0.4, 0.5) is 0 Å². The summed E-state index contributed by atoms with van der Waals surface area (Å²) in [6.45, 7) is 4.02. The van der Waals surface area contributed by atoms with E-state index >= 15 is 0 Å². The highest BCUT2D eigenvalue weighted by Gasteiger charge is 2.30. The molecular formula is C15H26N4O3S. The predicted molar refractivity (Wildman–Crippen MR) is 88.7 cm³/mol. The summed E-state index contributed by atoms with van der Waals surface area (Å²) in [5.74, 6) is 0.443. The molecule has 2 heterocycles. The highest BCUT2D eigenvalue weighted by molar-refractivity contribution is 7.91. The molecule has 0 saturated carbocycles. The maximum absolute atomic E-state index is 11.9. The van der Waals surface area contributed by atoms with E-state index in [1.807, 2.05) is 22.8 Å². The topological polar surface area (TPSA) is 84.3 Å². The van der Waals surface area contributed by atoms with Crippen molar-refractivity contribution in [2.75, 3.05) is 25.1 Å². The Morgan fingerprint density at radius 2 is 2.30 bits per heavy atom. The van der Waals surface area contributed by atoms with E-state index in [4.69, 9.17) is 0 Å². The van der Waals surface area contributed by atoms with Crippen LogP contribution in [0.25, 0.3) is 0 Å². The van der Waals surface area contributed by atoms with Gasteiger partial charge in [0.1, 0.15) is 0 Å². The van der Waals surface area contributed by atoms with E-state index in [0.29, 0.717) is 25.9 Å². The van der Waals surface area contributed by atoms with Gasteiger partial charge in [-0.1, -0.05) is 6.92 Å². The molecule has 1 aliphatic heterocycles. The fraction of sp³-hybridized carbons (Fsp3) is 0.733. The van der Waals surface area contributed by atoms with Crippen LogP contribution in [0.5, 0.6) is 0 Å². The minimum atomic E-state index is -2.88. The van der Waals surface area contributed by atoms with Crippen LogP contribution in [0, 0.1) is 0 Å². The summed E-state index contributed by atoms with van der Waals surface area (Å²) < 4.78 is 24.8. The van der Waals surface area contributed by atoms with E-state index in [9.17, 15) is 13.2 Å². The molecule has 1 saturated heterocycles. The van der Waals surface area contributed by atoms with Crippen LogP contribution in [-0.2, 0) is 27.7 Å². The summed E-state index contributed by atoms with van der Waals surface area (Å²) in [4.78, 5) is 13.9. The molecule has 0 radical (unpaired) electrons. The zero-order valence-corrected chi connectivity index (χ0v) is 14.7. The number of sulfone groups is 1. The number of nitrogens with one attached hydrogen (secondary N) is 1. The second-order valence-electron chi connectivity index (χ2n) is 6.18. The minimum Gasteiger partial charge on any atom is -0.352 e. The number of carbonyl (C=O) groups excluding carboxylic acids is 1. The lowest BCUT2D eigenvalue weighted by molar-refractivity contribution is -0.121. The third-order valence-electron chi connectivity index (χ3n) is 4.15. The van der Waals surface area contributed by atoms with Crippen molar-refractivity contribution in [3.05, 3.63) is 18.0 Å². The Hall–Kier alpha value is -1.41. The number of hydrogen-bond donors (Lipinski definition) is 1. The van der Waals surface area contributed by atoms with Crippen LogP contribution in [0.2, 0.25) is 0 Å². The molecule has 0 aliphatic carbocycles. The van der Waals surface area contributed by atoms with Crippen molar-refractivity contribution in [3.63, 3.8) is 0 Å². The Labute approximate surface area is 138 Å². The SMILES string of the molecule is CCCn1cc(CNC(=O)CCN(C)[C@H]2CCS(=O)(=O)C2)cn1. The molecule has 1 fully saturated rings. The first-order valence-corrected chi connectivity index (χ1v) is 9.90. The minimum absolute atomic E-state index is 0.0269. The van der Waals surface area contributed by atoms with Crippen molar-refractivity contribution in [1.82, 2.24) is 20.0 Å². The van der Waals surface area contributed by atoms with Crippen molar-refractivity contribution < 1.29 is 13.2 Å². The number of nitrogens with zero attached hydrogens (tertiary/aromatic N) is 3. The first-order chi connectivity index (χ1) is 10.9. The van der Waals surface area contributed by atoms with Gasteiger partial charge in [-0.25, -0.2) is 8.42 Å². The molecular weight excluding hydrogens is 316 g/mol. The van der Waals surface area contributed by atoms with E-state index in [1.54, 1.807) is 6.20 Å². The average molecular weight is 342 g/mol. The van der Waals surface area contributed by atoms with Gasteiger partial charge in [0.2, 0.25) is 5.91 Å². The van der Waals surface area contributed by atoms with Crippen molar-refractivity contribution in [2.45, 2.75) is 45.3 Å². The smallest absolute Gasteiger partial charge is 0.221 e. The van der Waals surface area contributed by atoms with Gasteiger partial charge < -0.3 is 10.2 Å². The summed E-state index contributed by atoms with van der Waals surface area (Å²) >= 11 is 0. The second kappa shape index (κ2) is 7.92. The Bertz CT molecular complexity index is 626. The van der Waals surface area contributed by atoms with Gasteiger partial charge in [0.15, 0.2) is 9.84 Å². The van der Waals surface area contributed by atoms with Gasteiger partial charge in [-0.15, -0.1) is 0 Å². The molecule has 1 aromatic heterocycles. The molecule has 1 aliphatic rings. The standard InChI is InChI=1S/C15H26N4O3S/c1-3-6-19-11-13(10-17-19)9-16-15(20)4-7-18(2)14-5-8-23(21,22)12-14/h10-11,14H,3-9,12H2,1-2H3,(H,16,20)/t14-/m0/s1. The number of rotatable bonds is 8. The predicted octanol–water partition coefficient (Wildman–Crippen LogP) is 0.418. The lowest BCUT2D eigenvalue weighted by atomic mass is 10.2. The van der Waals surface area contributed by atoms with Gasteiger partial charge in [0, 0.05) is 43.9 Å². The second-order valence-corrected chi connectivity index (χ2v) is 8.40. The Kier molecular flexibility index (Phi) is 6.17. The van der Waals surface area contributed by atoms with Gasteiger partial charge in [-0.2, -0.15) is 5.10 Å². The van der Waals surface area contributed by atoms with Gasteiger partial charge in [0.25, 0.3) is 0 Å². The Morgan fingerprint density at radius 3 is 2.96 bits per heavy atom. The van der Waals surface area contributed by atoms with Crippen LogP contribution in [0.1, 0.15) is 31.7 Å². The molecule has 1 atom stereocenters. The van der Waals surface area contributed by atoms with Crippen LogP contribution in [0.15, 0.2) is 12.4 Å². The summed E-state index contributed by atoms with van der Waals surface area (Å²) in [5.41, 5.74) is 0.988. The largest absolute Gasteiger partial charge is 0.352 e. The van der Waals surface area contributed by atoms with Crippen molar-refractivity contribution in [3.8, 4) is 0 Å². The molecule has 0 aromatic carbocycles. The molecule has 8 heteroatoms. The lowest BCUT2D eigenvalue weighted by Gasteiger charge is -2.22. The quantitative estimate of drug-likeness (QED) is 0.740. The van der Waals surface area contributed by atoms with Gasteiger partial charge in [-0.3, -0.25) is 9.48 Å². The molecule has 0 spiro atoms. The lowest BCUT2D eigenvalue weighted by Crippen LogP contribution is -2.36. The summed E-state index contributed by atoms with van der Waals surface area (Å²) in [5, 5.41) is 7.10. The summed E-state index contributed by atoms with van der Waals surface area (Å²) in [6.07, 6.45) is 5.77. The highest BCUT2D eigenvalue weighted by atomic mass is 32.2. The normalized spacial score (nSPS) is 20.0. The number of aromatic nitrogens is 2. The Morgan fingerprint density at radius 1 is 1.52 bits per heavy atom. The number of amides is 1. The van der Waals surface area contributed by atoms with Crippen molar-refractivity contribution in [1.29, 1.82) is 0 Å². The van der Waals surface area contributed by atoms with Crippen molar-refractivity contribution in [2.24, 2.45) is 0 Å². The average Bonchev–Trinajstić information content (AvgIpc) is 3.09. The fourth-order valence-electron chi connectivity index (χ4n) is 2.72. The first-order valence-electron chi connectivity index (χ1n) is 8.08. The van der Waals surface area contributed by atoms with Crippen LogP contribution < -0.4 is 5.32 Å². The molecule has 1 aromatic rings. The van der Waals surface area contributed by atoms with Crippen LogP contribution in [0.3, 0.4) is 0 Å². The van der Waals surface area contributed by atoms with Gasteiger partial charge in [0.05, 0.1) is 17.7 Å². The van der Waals surface area contributed by atoms with Gasteiger partial charge in [-0.05, 0) is 19.9 Å². The molecule has 23 heavy (non-hydrogen) atoms. The first kappa shape index (κ1) is 17.9. The van der Waals surface area contributed by atoms with Crippen molar-refractivity contribution >= 4 is 15.7 Å². The number of hydrogen-bond acceptors (Lipinski definition) is 5. The molecule has 0 unspecified atom stereocenters. The number of carbonyl (C=O) groups is 1. The monoisotopic (exact) mass is 342 g/mol. The van der Waals surface area contributed by atoms with Crippen LogP contribution >= 0.6 is 0 Å². The Balaban J connectivity index is 1.68. The van der Waals surface area contributed by atoms with E-state index in [0.717, 1.165) is 18.5 Å². The summed E-state index contributed by atoms with van der Waals surface area (Å²) in [7, 11) is -0.997. The molecule has 1 N–H and O–H groups in total. The maximum atomic E-state index is 11.9. The maximum Gasteiger partial charge on any atom is 0.221 e. The van der Waals surface area contributed by atoms with Gasteiger partial charge >= 0.3 is 0 Å². The zero-order valence-electron chi connectivity index (χ0n) is 13.9. The molecule has 1 amide bonds. The fourth-order valence-corrected chi connectivity index (χ4v) is 4.53. The highest BCUT2D eigenvalue weighted by Crippen LogP contribution is 2.16. The number of aryl methyl sites for hydroxylation is 1. The summed E-state index contributed by atoms with van der Waals surface area (Å²) in [6, 6.07) is 0.0417. The van der Waals surface area contributed by atoms with E-state index in [1.165, 1.54) is 0 Å². The van der Waals surface area contributed by atoms with Crippen LogP contribution in [-0.4, -0.2) is 60.1 Å². The van der Waals surface area contributed by atoms with E-state index in [2.05, 4.69) is 17.3 Å². The molecule has 2 rings (SSSR count). The van der Waals surface area contributed by atoms with E-state index < -0.39 is 9.84 Å². The van der Waals surface area contributed by atoms with E-state index in [-0.39, 0.29) is 23.5 Å². The molecule has 7 nitrogen and oxygen atoms in total.